The van der Waals surface area contributed by atoms with Crippen LogP contribution in [0.25, 0.3) is 0 Å². The van der Waals surface area contributed by atoms with Gasteiger partial charge in [-0.1, -0.05) is 12.1 Å². The maximum atomic E-state index is 5.36. The predicted octanol–water partition coefficient (Wildman–Crippen LogP) is 3.60. The molecule has 0 saturated carbocycles. The Balaban J connectivity index is 1.90. The van der Waals surface area contributed by atoms with Gasteiger partial charge in [0.1, 0.15) is 0 Å². The van der Waals surface area contributed by atoms with Crippen LogP contribution < -0.4 is 10.6 Å². The molecule has 4 heteroatoms. The standard InChI is InChI=1S/C15H22N2S2/c1-19-11-5-10-16-15(18)17-14-9-4-7-12-6-2-3-8-13(12)14/h4,7,9H,2-3,5-6,8,10-11H2,1H3,(H2,16,17,18). The van der Waals surface area contributed by atoms with E-state index in [0.29, 0.717) is 0 Å². The predicted molar refractivity (Wildman–Crippen MR) is 90.3 cm³/mol. The Hall–Kier alpha value is -0.740. The summed E-state index contributed by atoms with van der Waals surface area (Å²) >= 11 is 7.23. The normalized spacial score (nSPS) is 13.7. The van der Waals surface area contributed by atoms with Gasteiger partial charge in [-0.2, -0.15) is 11.8 Å². The van der Waals surface area contributed by atoms with Gasteiger partial charge in [0.2, 0.25) is 0 Å². The van der Waals surface area contributed by atoms with E-state index < -0.39 is 0 Å². The van der Waals surface area contributed by atoms with E-state index in [0.717, 1.165) is 18.1 Å². The highest BCUT2D eigenvalue weighted by atomic mass is 32.2. The molecular formula is C15H22N2S2. The molecule has 0 heterocycles. The van der Waals surface area contributed by atoms with Crippen LogP contribution in [-0.2, 0) is 12.8 Å². The van der Waals surface area contributed by atoms with Crippen LogP contribution in [0, 0.1) is 0 Å². The van der Waals surface area contributed by atoms with Crippen molar-refractivity contribution in [1.29, 1.82) is 0 Å². The molecule has 1 aliphatic rings. The number of anilines is 1. The molecular weight excluding hydrogens is 272 g/mol. The third-order valence-corrected chi connectivity index (χ3v) is 4.40. The Morgan fingerprint density at radius 1 is 1.32 bits per heavy atom. The fourth-order valence-corrected chi connectivity index (χ4v) is 3.13. The zero-order chi connectivity index (χ0) is 13.5. The van der Waals surface area contributed by atoms with Crippen molar-refractivity contribution in [2.45, 2.75) is 32.1 Å². The summed E-state index contributed by atoms with van der Waals surface area (Å²) in [6.45, 7) is 0.946. The van der Waals surface area contributed by atoms with E-state index in [1.807, 2.05) is 11.8 Å². The summed E-state index contributed by atoms with van der Waals surface area (Å²) in [5.41, 5.74) is 4.14. The van der Waals surface area contributed by atoms with Gasteiger partial charge in [-0.25, -0.2) is 0 Å². The van der Waals surface area contributed by atoms with E-state index in [2.05, 4.69) is 35.1 Å². The highest BCUT2D eigenvalue weighted by Crippen LogP contribution is 2.27. The first kappa shape index (κ1) is 14.7. The van der Waals surface area contributed by atoms with E-state index in [4.69, 9.17) is 12.2 Å². The maximum Gasteiger partial charge on any atom is 0.170 e. The molecule has 0 spiro atoms. The lowest BCUT2D eigenvalue weighted by Crippen LogP contribution is -2.30. The van der Waals surface area contributed by atoms with Gasteiger partial charge in [-0.05, 0) is 73.5 Å². The van der Waals surface area contributed by atoms with Crippen molar-refractivity contribution in [2.24, 2.45) is 0 Å². The van der Waals surface area contributed by atoms with Gasteiger partial charge < -0.3 is 10.6 Å². The van der Waals surface area contributed by atoms with Gasteiger partial charge in [0, 0.05) is 12.2 Å². The average Bonchev–Trinajstić information content (AvgIpc) is 2.44. The smallest absolute Gasteiger partial charge is 0.170 e. The second-order valence-corrected chi connectivity index (χ2v) is 6.27. The minimum Gasteiger partial charge on any atom is -0.362 e. The molecule has 0 fully saturated rings. The molecule has 0 aromatic heterocycles. The lowest BCUT2D eigenvalue weighted by atomic mass is 9.90. The number of benzene rings is 1. The van der Waals surface area contributed by atoms with Gasteiger partial charge in [0.25, 0.3) is 0 Å². The topological polar surface area (TPSA) is 24.1 Å². The SMILES string of the molecule is CSCCCNC(=S)Nc1cccc2c1CCCC2. The van der Waals surface area contributed by atoms with Crippen molar-refractivity contribution < 1.29 is 0 Å². The summed E-state index contributed by atoms with van der Waals surface area (Å²) in [7, 11) is 0. The zero-order valence-electron chi connectivity index (χ0n) is 11.5. The molecule has 1 aliphatic carbocycles. The first-order chi connectivity index (χ1) is 9.31. The summed E-state index contributed by atoms with van der Waals surface area (Å²) in [4.78, 5) is 0. The molecule has 0 saturated heterocycles. The van der Waals surface area contributed by atoms with Gasteiger partial charge >= 0.3 is 0 Å². The molecule has 0 atom stereocenters. The van der Waals surface area contributed by atoms with Crippen molar-refractivity contribution in [1.82, 2.24) is 5.32 Å². The third kappa shape index (κ3) is 4.39. The van der Waals surface area contributed by atoms with Crippen LogP contribution >= 0.6 is 24.0 Å². The lowest BCUT2D eigenvalue weighted by Gasteiger charge is -2.20. The highest BCUT2D eigenvalue weighted by Gasteiger charge is 2.13. The van der Waals surface area contributed by atoms with Gasteiger partial charge in [0.15, 0.2) is 5.11 Å². The number of aryl methyl sites for hydroxylation is 1. The average molecular weight is 294 g/mol. The zero-order valence-corrected chi connectivity index (χ0v) is 13.1. The molecule has 0 radical (unpaired) electrons. The fourth-order valence-electron chi connectivity index (χ4n) is 2.48. The highest BCUT2D eigenvalue weighted by molar-refractivity contribution is 7.98. The number of thiocarbonyl (C=S) groups is 1. The van der Waals surface area contributed by atoms with E-state index in [1.165, 1.54) is 48.3 Å². The minimum absolute atomic E-state index is 0.750. The molecule has 104 valence electrons. The van der Waals surface area contributed by atoms with Crippen LogP contribution in [0.3, 0.4) is 0 Å². The Morgan fingerprint density at radius 3 is 3.00 bits per heavy atom. The lowest BCUT2D eigenvalue weighted by molar-refractivity contribution is 0.687. The van der Waals surface area contributed by atoms with Crippen molar-refractivity contribution in [3.8, 4) is 0 Å². The van der Waals surface area contributed by atoms with Crippen molar-refractivity contribution >= 4 is 34.8 Å². The van der Waals surface area contributed by atoms with E-state index in [9.17, 15) is 0 Å². The monoisotopic (exact) mass is 294 g/mol. The third-order valence-electron chi connectivity index (χ3n) is 3.45. The number of thioether (sulfide) groups is 1. The van der Waals surface area contributed by atoms with Crippen LogP contribution in [0.5, 0.6) is 0 Å². The second kappa shape index (κ2) is 7.75. The number of hydrogen-bond acceptors (Lipinski definition) is 2. The Kier molecular flexibility index (Phi) is 5.98. The van der Waals surface area contributed by atoms with E-state index in [1.54, 1.807) is 0 Å². The number of fused-ring (bicyclic) bond motifs is 1. The quantitative estimate of drug-likeness (QED) is 0.640. The van der Waals surface area contributed by atoms with Crippen LogP contribution in [0.2, 0.25) is 0 Å². The molecule has 19 heavy (non-hydrogen) atoms. The van der Waals surface area contributed by atoms with Gasteiger partial charge in [0.05, 0.1) is 0 Å². The van der Waals surface area contributed by atoms with Crippen molar-refractivity contribution in [3.63, 3.8) is 0 Å². The van der Waals surface area contributed by atoms with Crippen LogP contribution in [0.1, 0.15) is 30.4 Å². The number of hydrogen-bond donors (Lipinski definition) is 2. The first-order valence-electron chi connectivity index (χ1n) is 6.96. The van der Waals surface area contributed by atoms with Crippen molar-refractivity contribution in [2.75, 3.05) is 23.9 Å². The van der Waals surface area contributed by atoms with Crippen LogP contribution in [-0.4, -0.2) is 23.7 Å². The second-order valence-electron chi connectivity index (χ2n) is 4.88. The summed E-state index contributed by atoms with van der Waals surface area (Å²) in [5, 5.41) is 7.39. The molecule has 2 N–H and O–H groups in total. The molecule has 0 amide bonds. The number of nitrogens with one attached hydrogen (secondary N) is 2. The molecule has 0 bridgehead atoms. The largest absolute Gasteiger partial charge is 0.362 e. The van der Waals surface area contributed by atoms with Crippen LogP contribution in [0.4, 0.5) is 5.69 Å². The molecule has 2 rings (SSSR count). The molecule has 1 aromatic carbocycles. The van der Waals surface area contributed by atoms with Gasteiger partial charge in [-0.15, -0.1) is 0 Å². The summed E-state index contributed by atoms with van der Waals surface area (Å²) in [6, 6.07) is 6.51. The summed E-state index contributed by atoms with van der Waals surface area (Å²) in [5.74, 6) is 1.18. The summed E-state index contributed by atoms with van der Waals surface area (Å²) in [6.07, 6.45) is 8.27. The molecule has 1 aromatic rings. The first-order valence-corrected chi connectivity index (χ1v) is 8.76. The molecule has 2 nitrogen and oxygen atoms in total. The summed E-state index contributed by atoms with van der Waals surface area (Å²) < 4.78 is 0. The Labute approximate surface area is 125 Å². The molecule has 0 unspecified atom stereocenters. The Bertz CT molecular complexity index is 432. The van der Waals surface area contributed by atoms with Crippen LogP contribution in [0.15, 0.2) is 18.2 Å². The molecule has 0 aliphatic heterocycles. The number of rotatable bonds is 5. The van der Waals surface area contributed by atoms with E-state index >= 15 is 0 Å². The Morgan fingerprint density at radius 2 is 2.16 bits per heavy atom. The minimum atomic E-state index is 0.750. The fraction of sp³-hybridized carbons (Fsp3) is 0.533. The van der Waals surface area contributed by atoms with E-state index in [-0.39, 0.29) is 0 Å². The maximum absolute atomic E-state index is 5.36. The van der Waals surface area contributed by atoms with Gasteiger partial charge in [-0.3, -0.25) is 0 Å². The van der Waals surface area contributed by atoms with Crippen molar-refractivity contribution in [3.05, 3.63) is 29.3 Å².